The predicted octanol–water partition coefficient (Wildman–Crippen LogP) is 2.27. The smallest absolute Gasteiger partial charge is 0.433 e. The molecule has 10 nitrogen and oxygen atoms in total. The highest BCUT2D eigenvalue weighted by Crippen LogP contribution is 2.21. The first-order valence-corrected chi connectivity index (χ1v) is 7.29. The summed E-state index contributed by atoms with van der Waals surface area (Å²) in [7, 11) is 0. The third-order valence-corrected chi connectivity index (χ3v) is 3.12. The number of benzene rings is 1. The average Bonchev–Trinajstić information content (AvgIpc) is 3.28. The minimum Gasteiger partial charge on any atom is -0.484 e. The van der Waals surface area contributed by atoms with Gasteiger partial charge in [-0.2, -0.15) is 4.98 Å². The fourth-order valence-corrected chi connectivity index (χ4v) is 1.96. The van der Waals surface area contributed by atoms with Crippen molar-refractivity contribution in [3.05, 3.63) is 58.2 Å². The van der Waals surface area contributed by atoms with Gasteiger partial charge in [0.05, 0.1) is 6.07 Å². The van der Waals surface area contributed by atoms with Crippen molar-refractivity contribution in [3.63, 3.8) is 0 Å². The van der Waals surface area contributed by atoms with E-state index < -0.39 is 10.8 Å². The Morgan fingerprint density at radius 3 is 2.65 bits per heavy atom. The van der Waals surface area contributed by atoms with Gasteiger partial charge in [0.25, 0.3) is 11.8 Å². The van der Waals surface area contributed by atoms with Crippen LogP contribution in [0.1, 0.15) is 11.7 Å². The molecular formula is C16H12N4O6. The van der Waals surface area contributed by atoms with Crippen molar-refractivity contribution in [2.75, 3.05) is 6.61 Å². The van der Waals surface area contributed by atoms with Gasteiger partial charge >= 0.3 is 5.88 Å². The van der Waals surface area contributed by atoms with Crippen LogP contribution in [0.3, 0.4) is 0 Å². The number of nitro groups is 1. The summed E-state index contributed by atoms with van der Waals surface area (Å²) in [6.45, 7) is -0.207. The quantitative estimate of drug-likeness (QED) is 0.500. The lowest BCUT2D eigenvalue weighted by Gasteiger charge is -2.03. The molecule has 2 aromatic heterocycles. The van der Waals surface area contributed by atoms with Crippen LogP contribution in [-0.2, 0) is 4.79 Å². The molecule has 0 unspecified atom stereocenters. The van der Waals surface area contributed by atoms with Crippen LogP contribution in [0.15, 0.2) is 45.3 Å². The molecule has 3 aromatic rings. The van der Waals surface area contributed by atoms with E-state index in [1.54, 1.807) is 24.3 Å². The largest absolute Gasteiger partial charge is 0.484 e. The topological polar surface area (TPSA) is 148 Å². The van der Waals surface area contributed by atoms with Crippen LogP contribution >= 0.6 is 0 Å². The first-order valence-electron chi connectivity index (χ1n) is 7.29. The Morgan fingerprint density at radius 1 is 1.23 bits per heavy atom. The summed E-state index contributed by atoms with van der Waals surface area (Å²) >= 11 is 0. The molecule has 26 heavy (non-hydrogen) atoms. The van der Waals surface area contributed by atoms with Crippen LogP contribution in [0.5, 0.6) is 5.75 Å². The van der Waals surface area contributed by atoms with Gasteiger partial charge < -0.3 is 19.4 Å². The van der Waals surface area contributed by atoms with Gasteiger partial charge in [-0.15, -0.1) is 0 Å². The van der Waals surface area contributed by atoms with E-state index in [1.807, 2.05) is 0 Å². The molecule has 0 saturated heterocycles. The molecule has 0 aliphatic carbocycles. The second kappa shape index (κ2) is 7.30. The van der Waals surface area contributed by atoms with Gasteiger partial charge in [0, 0.05) is 11.6 Å². The van der Waals surface area contributed by atoms with E-state index in [0.29, 0.717) is 17.1 Å². The van der Waals surface area contributed by atoms with E-state index in [0.717, 1.165) is 0 Å². The van der Waals surface area contributed by atoms with Crippen molar-refractivity contribution >= 4 is 23.9 Å². The summed E-state index contributed by atoms with van der Waals surface area (Å²) in [5.74, 6) is 0.396. The molecule has 1 amide bonds. The minimum atomic E-state index is -0.626. The molecule has 0 bridgehead atoms. The van der Waals surface area contributed by atoms with Gasteiger partial charge in [-0.1, -0.05) is 5.16 Å². The first kappa shape index (κ1) is 16.9. The average molecular weight is 356 g/mol. The Hall–Kier alpha value is -3.95. The molecule has 0 fully saturated rings. The van der Waals surface area contributed by atoms with Crippen molar-refractivity contribution in [2.24, 2.45) is 5.73 Å². The number of carbonyl (C=O) groups excluding carboxylic acids is 1. The van der Waals surface area contributed by atoms with Gasteiger partial charge in [-0.05, 0) is 36.4 Å². The van der Waals surface area contributed by atoms with E-state index in [4.69, 9.17) is 19.4 Å². The molecule has 1 aromatic carbocycles. The van der Waals surface area contributed by atoms with Crippen molar-refractivity contribution in [1.82, 2.24) is 10.1 Å². The summed E-state index contributed by atoms with van der Waals surface area (Å²) in [5, 5.41) is 14.4. The van der Waals surface area contributed by atoms with Crippen molar-refractivity contribution in [2.45, 2.75) is 0 Å². The van der Waals surface area contributed by atoms with E-state index in [2.05, 4.69) is 10.1 Å². The Balaban J connectivity index is 1.68. The maximum atomic E-state index is 10.7. The Morgan fingerprint density at radius 2 is 2.00 bits per heavy atom. The number of aromatic nitrogens is 2. The number of nitrogens with two attached hydrogens (primary N) is 1. The second-order valence-corrected chi connectivity index (χ2v) is 5.00. The lowest BCUT2D eigenvalue weighted by Crippen LogP contribution is -2.19. The number of amides is 1. The van der Waals surface area contributed by atoms with Gasteiger partial charge in [0.1, 0.15) is 16.4 Å². The molecule has 2 heterocycles. The fourth-order valence-electron chi connectivity index (χ4n) is 1.96. The number of primary amides is 1. The molecule has 0 radical (unpaired) electrons. The van der Waals surface area contributed by atoms with Crippen molar-refractivity contribution in [1.29, 1.82) is 0 Å². The van der Waals surface area contributed by atoms with Gasteiger partial charge in [-0.25, -0.2) is 0 Å². The second-order valence-electron chi connectivity index (χ2n) is 5.00. The molecular weight excluding hydrogens is 344 g/mol. The van der Waals surface area contributed by atoms with Gasteiger partial charge in [-0.3, -0.25) is 14.9 Å². The van der Waals surface area contributed by atoms with Crippen LogP contribution < -0.4 is 10.5 Å². The lowest BCUT2D eigenvalue weighted by atomic mass is 10.2. The number of furan rings is 1. The SMILES string of the molecule is NC(=O)COc1ccc(-c2noc(/C=C/c3ccc([N+](=O)[O-])o3)n2)cc1. The van der Waals surface area contributed by atoms with E-state index in [-0.39, 0.29) is 24.1 Å². The summed E-state index contributed by atoms with van der Waals surface area (Å²) < 4.78 is 15.2. The molecule has 0 aliphatic heterocycles. The van der Waals surface area contributed by atoms with E-state index in [9.17, 15) is 14.9 Å². The third-order valence-electron chi connectivity index (χ3n) is 3.12. The molecule has 0 atom stereocenters. The molecule has 0 aliphatic rings. The number of carbonyl (C=O) groups is 1. The van der Waals surface area contributed by atoms with Crippen LogP contribution in [0, 0.1) is 10.1 Å². The Kier molecular flexibility index (Phi) is 4.74. The number of rotatable bonds is 7. The van der Waals surface area contributed by atoms with E-state index >= 15 is 0 Å². The highest BCUT2D eigenvalue weighted by Gasteiger charge is 2.11. The first-order chi connectivity index (χ1) is 12.5. The zero-order chi connectivity index (χ0) is 18.5. The van der Waals surface area contributed by atoms with Crippen molar-refractivity contribution in [3.8, 4) is 17.1 Å². The van der Waals surface area contributed by atoms with Crippen molar-refractivity contribution < 1.29 is 23.4 Å². The van der Waals surface area contributed by atoms with Crippen LogP contribution in [-0.4, -0.2) is 27.6 Å². The fraction of sp³-hybridized carbons (Fsp3) is 0.0625. The zero-order valence-corrected chi connectivity index (χ0v) is 13.2. The number of ether oxygens (including phenoxy) is 1. The number of hydrogen-bond acceptors (Lipinski definition) is 8. The molecule has 10 heteroatoms. The third kappa shape index (κ3) is 4.12. The predicted molar refractivity (Wildman–Crippen MR) is 88.7 cm³/mol. The normalized spacial score (nSPS) is 10.9. The Labute approximate surface area is 146 Å². The molecule has 2 N–H and O–H groups in total. The van der Waals surface area contributed by atoms with Gasteiger partial charge in [0.15, 0.2) is 6.61 Å². The molecule has 132 valence electrons. The minimum absolute atomic E-state index is 0.202. The summed E-state index contributed by atoms with van der Waals surface area (Å²) in [5.41, 5.74) is 5.68. The maximum Gasteiger partial charge on any atom is 0.433 e. The molecule has 0 spiro atoms. The highest BCUT2D eigenvalue weighted by atomic mass is 16.6. The Bertz CT molecular complexity index is 957. The lowest BCUT2D eigenvalue weighted by molar-refractivity contribution is -0.402. The number of nitrogens with zero attached hydrogens (tertiary/aromatic N) is 3. The summed E-state index contributed by atoms with van der Waals surface area (Å²) in [6, 6.07) is 9.39. The van der Waals surface area contributed by atoms with Crippen LogP contribution in [0.25, 0.3) is 23.5 Å². The van der Waals surface area contributed by atoms with Crippen LogP contribution in [0.2, 0.25) is 0 Å². The standard InChI is InChI=1S/C16H12N4O6/c17-13(21)9-24-11-3-1-10(2-4-11)16-18-14(26-19-16)7-5-12-6-8-15(25-12)20(22)23/h1-8H,9H2,(H2,17,21)/b7-5+. The summed E-state index contributed by atoms with van der Waals surface area (Å²) in [6.07, 6.45) is 2.95. The van der Waals surface area contributed by atoms with Crippen LogP contribution in [0.4, 0.5) is 5.88 Å². The monoisotopic (exact) mass is 356 g/mol. The highest BCUT2D eigenvalue weighted by molar-refractivity contribution is 5.75. The maximum absolute atomic E-state index is 10.7. The number of hydrogen-bond donors (Lipinski definition) is 1. The molecule has 3 rings (SSSR count). The molecule has 0 saturated carbocycles. The van der Waals surface area contributed by atoms with Gasteiger partial charge in [0.2, 0.25) is 5.82 Å². The zero-order valence-electron chi connectivity index (χ0n) is 13.2. The van der Waals surface area contributed by atoms with E-state index in [1.165, 1.54) is 24.3 Å². The summed E-state index contributed by atoms with van der Waals surface area (Å²) in [4.78, 5) is 24.8.